The van der Waals surface area contributed by atoms with Gasteiger partial charge in [0.25, 0.3) is 0 Å². The van der Waals surface area contributed by atoms with E-state index in [2.05, 4.69) is 21.1 Å². The number of alkyl halides is 1. The van der Waals surface area contributed by atoms with Crippen LogP contribution in [0.25, 0.3) is 11.3 Å². The van der Waals surface area contributed by atoms with Gasteiger partial charge < -0.3 is 14.0 Å². The molecule has 0 bridgehead atoms. The van der Waals surface area contributed by atoms with Crippen molar-refractivity contribution < 1.29 is 14.0 Å². The quantitative estimate of drug-likeness (QED) is 0.796. The fraction of sp³-hybridized carbons (Fsp3) is 0.250. The molecule has 2 rings (SSSR count). The van der Waals surface area contributed by atoms with Crippen molar-refractivity contribution in [1.29, 1.82) is 0 Å². The zero-order valence-electron chi connectivity index (χ0n) is 9.87. The number of halogens is 2. The smallest absolute Gasteiger partial charge is 0.180 e. The molecule has 0 N–H and O–H groups in total. The molecule has 6 heteroatoms. The first-order chi connectivity index (χ1) is 8.71. The molecule has 96 valence electrons. The van der Waals surface area contributed by atoms with Crippen LogP contribution in [0.15, 0.2) is 22.7 Å². The lowest BCUT2D eigenvalue weighted by Crippen LogP contribution is -1.92. The number of hydrogen-bond acceptors (Lipinski definition) is 4. The van der Waals surface area contributed by atoms with E-state index in [1.165, 1.54) is 0 Å². The van der Waals surface area contributed by atoms with Gasteiger partial charge in [0.2, 0.25) is 0 Å². The normalized spacial score (nSPS) is 10.4. The van der Waals surface area contributed by atoms with Crippen LogP contribution in [0.1, 0.15) is 5.76 Å². The van der Waals surface area contributed by atoms with Gasteiger partial charge in [-0.1, -0.05) is 32.7 Å². The van der Waals surface area contributed by atoms with Crippen LogP contribution in [-0.4, -0.2) is 19.4 Å². The molecule has 1 heterocycles. The molecule has 0 saturated heterocycles. The lowest BCUT2D eigenvalue weighted by atomic mass is 10.1. The van der Waals surface area contributed by atoms with Crippen molar-refractivity contribution in [3.8, 4) is 22.8 Å². The summed E-state index contributed by atoms with van der Waals surface area (Å²) in [6.07, 6.45) is 0. The molecule has 0 aliphatic carbocycles. The van der Waals surface area contributed by atoms with E-state index in [1.807, 2.05) is 12.1 Å². The summed E-state index contributed by atoms with van der Waals surface area (Å²) >= 11 is 9.58. The van der Waals surface area contributed by atoms with E-state index in [0.29, 0.717) is 27.5 Å². The third-order valence-electron chi connectivity index (χ3n) is 2.45. The Hall–Kier alpha value is -1.20. The zero-order valence-corrected chi connectivity index (χ0v) is 12.2. The standard InChI is InChI=1S/C12H11BrClNO3/c1-16-10-4-3-8(11(14)12(10)17-2)9-5-7(6-13)18-15-9/h3-5H,6H2,1-2H3. The van der Waals surface area contributed by atoms with Crippen molar-refractivity contribution in [3.63, 3.8) is 0 Å². The Morgan fingerprint density at radius 3 is 2.67 bits per heavy atom. The Labute approximate surface area is 118 Å². The van der Waals surface area contributed by atoms with Gasteiger partial charge >= 0.3 is 0 Å². The van der Waals surface area contributed by atoms with Crippen molar-refractivity contribution in [2.75, 3.05) is 14.2 Å². The summed E-state index contributed by atoms with van der Waals surface area (Å²) in [5, 5.41) is 5.02. The maximum atomic E-state index is 6.28. The Bertz CT molecular complexity index is 556. The average molecular weight is 333 g/mol. The largest absolute Gasteiger partial charge is 0.493 e. The molecule has 0 radical (unpaired) electrons. The third-order valence-corrected chi connectivity index (χ3v) is 3.38. The second-order valence-electron chi connectivity index (χ2n) is 3.47. The Morgan fingerprint density at radius 2 is 2.11 bits per heavy atom. The van der Waals surface area contributed by atoms with E-state index in [1.54, 1.807) is 20.3 Å². The van der Waals surface area contributed by atoms with Gasteiger partial charge in [-0.05, 0) is 12.1 Å². The predicted octanol–water partition coefficient (Wildman–Crippen LogP) is 3.91. The minimum atomic E-state index is 0.450. The molecule has 0 atom stereocenters. The summed E-state index contributed by atoms with van der Waals surface area (Å²) < 4.78 is 15.5. The summed E-state index contributed by atoms with van der Waals surface area (Å²) in [7, 11) is 3.10. The summed E-state index contributed by atoms with van der Waals surface area (Å²) in [5.41, 5.74) is 1.40. The first kappa shape index (κ1) is 13.2. The predicted molar refractivity (Wildman–Crippen MR) is 72.7 cm³/mol. The highest BCUT2D eigenvalue weighted by Crippen LogP contribution is 2.41. The van der Waals surface area contributed by atoms with Gasteiger partial charge in [-0.25, -0.2) is 0 Å². The van der Waals surface area contributed by atoms with Crippen molar-refractivity contribution >= 4 is 27.5 Å². The summed E-state index contributed by atoms with van der Waals surface area (Å²) in [6.45, 7) is 0. The van der Waals surface area contributed by atoms with E-state index >= 15 is 0 Å². The molecule has 1 aromatic heterocycles. The maximum Gasteiger partial charge on any atom is 0.180 e. The van der Waals surface area contributed by atoms with E-state index in [0.717, 1.165) is 11.3 Å². The topological polar surface area (TPSA) is 44.5 Å². The number of rotatable bonds is 4. The average Bonchev–Trinajstić information content (AvgIpc) is 2.86. The van der Waals surface area contributed by atoms with E-state index in [9.17, 15) is 0 Å². The first-order valence-electron chi connectivity index (χ1n) is 5.13. The highest BCUT2D eigenvalue weighted by molar-refractivity contribution is 9.08. The zero-order chi connectivity index (χ0) is 13.1. The number of benzene rings is 1. The molecule has 0 unspecified atom stereocenters. The van der Waals surface area contributed by atoms with E-state index in [-0.39, 0.29) is 0 Å². The molecule has 1 aromatic carbocycles. The van der Waals surface area contributed by atoms with Crippen LogP contribution in [0.5, 0.6) is 11.5 Å². The fourth-order valence-corrected chi connectivity index (χ4v) is 2.18. The number of hydrogen-bond donors (Lipinski definition) is 0. The molecular formula is C12H11BrClNO3. The monoisotopic (exact) mass is 331 g/mol. The van der Waals surface area contributed by atoms with Crippen LogP contribution in [-0.2, 0) is 5.33 Å². The van der Waals surface area contributed by atoms with Crippen LogP contribution in [0.3, 0.4) is 0 Å². The van der Waals surface area contributed by atoms with Gasteiger partial charge in [-0.15, -0.1) is 0 Å². The van der Waals surface area contributed by atoms with Gasteiger partial charge in [0.1, 0.15) is 11.5 Å². The van der Waals surface area contributed by atoms with Gasteiger partial charge in [0, 0.05) is 11.6 Å². The first-order valence-corrected chi connectivity index (χ1v) is 6.63. The fourth-order valence-electron chi connectivity index (χ4n) is 1.59. The minimum absolute atomic E-state index is 0.450. The Kier molecular flexibility index (Phi) is 4.14. The second kappa shape index (κ2) is 5.63. The van der Waals surface area contributed by atoms with Gasteiger partial charge in [0.05, 0.1) is 24.6 Å². The molecule has 18 heavy (non-hydrogen) atoms. The summed E-state index contributed by atoms with van der Waals surface area (Å²) in [5.74, 6) is 1.80. The highest BCUT2D eigenvalue weighted by Gasteiger charge is 2.16. The number of aromatic nitrogens is 1. The molecule has 4 nitrogen and oxygen atoms in total. The molecule has 2 aromatic rings. The summed E-state index contributed by atoms with van der Waals surface area (Å²) in [4.78, 5) is 0. The molecule has 0 spiro atoms. The third kappa shape index (κ3) is 2.33. The lowest BCUT2D eigenvalue weighted by Gasteiger charge is -2.11. The Balaban J connectivity index is 2.51. The van der Waals surface area contributed by atoms with Crippen LogP contribution >= 0.6 is 27.5 Å². The van der Waals surface area contributed by atoms with E-state index in [4.69, 9.17) is 25.6 Å². The molecule has 0 amide bonds. The van der Waals surface area contributed by atoms with Gasteiger partial charge in [0.15, 0.2) is 11.5 Å². The van der Waals surface area contributed by atoms with E-state index < -0.39 is 0 Å². The van der Waals surface area contributed by atoms with Crippen molar-refractivity contribution in [2.24, 2.45) is 0 Å². The van der Waals surface area contributed by atoms with Crippen LogP contribution in [0, 0.1) is 0 Å². The SMILES string of the molecule is COc1ccc(-c2cc(CBr)on2)c(Cl)c1OC. The number of ether oxygens (including phenoxy) is 2. The van der Waals surface area contributed by atoms with Crippen molar-refractivity contribution in [1.82, 2.24) is 5.16 Å². The van der Waals surface area contributed by atoms with Gasteiger partial charge in [-0.3, -0.25) is 0 Å². The van der Waals surface area contributed by atoms with Crippen LogP contribution < -0.4 is 9.47 Å². The molecule has 0 aliphatic rings. The maximum absolute atomic E-state index is 6.28. The molecular weight excluding hydrogens is 321 g/mol. The summed E-state index contributed by atoms with van der Waals surface area (Å²) in [6, 6.07) is 5.42. The van der Waals surface area contributed by atoms with Crippen LogP contribution in [0.2, 0.25) is 5.02 Å². The van der Waals surface area contributed by atoms with Crippen molar-refractivity contribution in [2.45, 2.75) is 5.33 Å². The van der Waals surface area contributed by atoms with Gasteiger partial charge in [-0.2, -0.15) is 0 Å². The Morgan fingerprint density at radius 1 is 1.33 bits per heavy atom. The minimum Gasteiger partial charge on any atom is -0.493 e. The van der Waals surface area contributed by atoms with Crippen LogP contribution in [0.4, 0.5) is 0 Å². The number of nitrogens with zero attached hydrogens (tertiary/aromatic N) is 1. The highest BCUT2D eigenvalue weighted by atomic mass is 79.9. The lowest BCUT2D eigenvalue weighted by molar-refractivity contribution is 0.355. The number of methoxy groups -OCH3 is 2. The second-order valence-corrected chi connectivity index (χ2v) is 4.41. The van der Waals surface area contributed by atoms with Crippen molar-refractivity contribution in [3.05, 3.63) is 29.0 Å². The molecule has 0 saturated carbocycles. The molecule has 0 aliphatic heterocycles. The molecule has 0 fully saturated rings.